The fourth-order valence-corrected chi connectivity index (χ4v) is 1.59. The van der Waals surface area contributed by atoms with E-state index in [9.17, 15) is 8.78 Å². The lowest BCUT2D eigenvalue weighted by molar-refractivity contribution is 0.0819. The Labute approximate surface area is 97.8 Å². The van der Waals surface area contributed by atoms with Crippen LogP contribution in [0, 0.1) is 6.92 Å². The van der Waals surface area contributed by atoms with Gasteiger partial charge in [-0.15, -0.1) is 0 Å². The van der Waals surface area contributed by atoms with Crippen LogP contribution < -0.4 is 4.74 Å². The predicted molar refractivity (Wildman–Crippen MR) is 60.4 cm³/mol. The van der Waals surface area contributed by atoms with Crippen molar-refractivity contribution in [1.82, 2.24) is 0 Å². The fourth-order valence-electron chi connectivity index (χ4n) is 1.59. The maximum Gasteiger partial charge on any atom is 0.272 e. The molecule has 0 fully saturated rings. The molecular weight excluding hydrogens is 226 g/mol. The molecule has 90 valence electrons. The first-order valence-corrected chi connectivity index (χ1v) is 5.22. The summed E-state index contributed by atoms with van der Waals surface area (Å²) < 4.78 is 34.2. The quantitative estimate of drug-likeness (QED) is 0.806. The zero-order valence-electron chi connectivity index (χ0n) is 9.32. The first-order valence-electron chi connectivity index (χ1n) is 5.22. The molecule has 0 bridgehead atoms. The lowest BCUT2D eigenvalue weighted by Gasteiger charge is -2.08. The van der Waals surface area contributed by atoms with Crippen molar-refractivity contribution in [2.24, 2.45) is 0 Å². The molecule has 0 amide bonds. The van der Waals surface area contributed by atoms with E-state index < -0.39 is 13.0 Å². The number of hydrogen-bond acceptors (Lipinski definition) is 2. The molecule has 2 nitrogen and oxygen atoms in total. The standard InChI is InChI=1S/C13H12F2O2/c1-9-7-10(17-8-13(14)15)4-5-11(9)12-3-2-6-16-12/h2-7,13H,8H2,1H3. The van der Waals surface area contributed by atoms with E-state index in [0.717, 1.165) is 16.9 Å². The van der Waals surface area contributed by atoms with Gasteiger partial charge in [0.2, 0.25) is 0 Å². The first-order chi connectivity index (χ1) is 8.16. The summed E-state index contributed by atoms with van der Waals surface area (Å²) in [4.78, 5) is 0. The minimum atomic E-state index is -2.46. The van der Waals surface area contributed by atoms with Gasteiger partial charge >= 0.3 is 0 Å². The monoisotopic (exact) mass is 238 g/mol. The average molecular weight is 238 g/mol. The van der Waals surface area contributed by atoms with Crippen LogP contribution in [-0.2, 0) is 0 Å². The molecule has 0 saturated carbocycles. The van der Waals surface area contributed by atoms with Gasteiger partial charge in [-0.1, -0.05) is 0 Å². The van der Waals surface area contributed by atoms with E-state index in [1.54, 1.807) is 30.5 Å². The molecule has 0 spiro atoms. The number of benzene rings is 1. The molecule has 1 aromatic carbocycles. The van der Waals surface area contributed by atoms with E-state index in [-0.39, 0.29) is 0 Å². The summed E-state index contributed by atoms with van der Waals surface area (Å²) in [6.07, 6.45) is -0.865. The minimum absolute atomic E-state index is 0.443. The number of alkyl halides is 2. The molecular formula is C13H12F2O2. The molecule has 0 unspecified atom stereocenters. The number of aryl methyl sites for hydroxylation is 1. The summed E-state index contributed by atoms with van der Waals surface area (Å²) in [7, 11) is 0. The van der Waals surface area contributed by atoms with Crippen LogP contribution in [0.25, 0.3) is 11.3 Å². The van der Waals surface area contributed by atoms with Gasteiger partial charge in [0.05, 0.1) is 6.26 Å². The Kier molecular flexibility index (Phi) is 3.42. The Morgan fingerprint density at radius 3 is 2.71 bits per heavy atom. The second-order valence-corrected chi connectivity index (χ2v) is 3.66. The van der Waals surface area contributed by atoms with E-state index in [1.807, 2.05) is 13.0 Å². The van der Waals surface area contributed by atoms with Crippen LogP contribution >= 0.6 is 0 Å². The van der Waals surface area contributed by atoms with Crippen molar-refractivity contribution in [3.8, 4) is 17.1 Å². The van der Waals surface area contributed by atoms with Crippen LogP contribution in [-0.4, -0.2) is 13.0 Å². The van der Waals surface area contributed by atoms with Crippen molar-refractivity contribution in [2.75, 3.05) is 6.61 Å². The molecule has 0 radical (unpaired) electrons. The zero-order valence-corrected chi connectivity index (χ0v) is 9.32. The maximum atomic E-state index is 12.0. The summed E-state index contributed by atoms with van der Waals surface area (Å²) >= 11 is 0. The van der Waals surface area contributed by atoms with Crippen LogP contribution in [0.2, 0.25) is 0 Å². The highest BCUT2D eigenvalue weighted by molar-refractivity contribution is 5.63. The van der Waals surface area contributed by atoms with Gasteiger partial charge in [0.15, 0.2) is 0 Å². The van der Waals surface area contributed by atoms with Crippen LogP contribution in [0.5, 0.6) is 5.75 Å². The molecule has 0 aliphatic rings. The summed E-state index contributed by atoms with van der Waals surface area (Å²) in [5.74, 6) is 1.20. The Balaban J connectivity index is 2.17. The van der Waals surface area contributed by atoms with Crippen LogP contribution in [0.1, 0.15) is 5.56 Å². The number of hydrogen-bond donors (Lipinski definition) is 0. The van der Waals surface area contributed by atoms with Crippen molar-refractivity contribution >= 4 is 0 Å². The number of ether oxygens (including phenoxy) is 1. The van der Waals surface area contributed by atoms with Gasteiger partial charge in [0, 0.05) is 5.56 Å². The molecule has 17 heavy (non-hydrogen) atoms. The van der Waals surface area contributed by atoms with Gasteiger partial charge in [0.25, 0.3) is 6.43 Å². The third-order valence-corrected chi connectivity index (χ3v) is 2.36. The Hall–Kier alpha value is -1.84. The van der Waals surface area contributed by atoms with Crippen LogP contribution in [0.3, 0.4) is 0 Å². The molecule has 4 heteroatoms. The molecule has 0 aliphatic carbocycles. The second-order valence-electron chi connectivity index (χ2n) is 3.66. The van der Waals surface area contributed by atoms with Gasteiger partial charge in [0.1, 0.15) is 18.1 Å². The molecule has 1 heterocycles. The molecule has 0 atom stereocenters. The van der Waals surface area contributed by atoms with E-state index in [4.69, 9.17) is 9.15 Å². The normalized spacial score (nSPS) is 10.8. The highest BCUT2D eigenvalue weighted by Gasteiger charge is 2.07. The summed E-state index contributed by atoms with van der Waals surface area (Å²) in [5, 5.41) is 0. The Bertz CT molecular complexity index is 478. The Morgan fingerprint density at radius 1 is 1.29 bits per heavy atom. The highest BCUT2D eigenvalue weighted by Crippen LogP contribution is 2.27. The molecule has 0 aliphatic heterocycles. The van der Waals surface area contributed by atoms with Crippen LogP contribution in [0.4, 0.5) is 8.78 Å². The maximum absolute atomic E-state index is 12.0. The van der Waals surface area contributed by atoms with Gasteiger partial charge in [-0.25, -0.2) is 8.78 Å². The van der Waals surface area contributed by atoms with Gasteiger partial charge in [-0.2, -0.15) is 0 Å². The summed E-state index contributed by atoms with van der Waals surface area (Å²) in [5.41, 5.74) is 1.85. The lowest BCUT2D eigenvalue weighted by Crippen LogP contribution is -2.06. The fraction of sp³-hybridized carbons (Fsp3) is 0.231. The van der Waals surface area contributed by atoms with Crippen molar-refractivity contribution in [3.05, 3.63) is 42.2 Å². The van der Waals surface area contributed by atoms with Crippen LogP contribution in [0.15, 0.2) is 41.0 Å². The van der Waals surface area contributed by atoms with Gasteiger partial charge in [-0.05, 0) is 42.8 Å². The highest BCUT2D eigenvalue weighted by atomic mass is 19.3. The topological polar surface area (TPSA) is 22.4 Å². The van der Waals surface area contributed by atoms with Gasteiger partial charge in [-0.3, -0.25) is 0 Å². The third-order valence-electron chi connectivity index (χ3n) is 2.36. The van der Waals surface area contributed by atoms with Crippen molar-refractivity contribution in [2.45, 2.75) is 13.3 Å². The largest absolute Gasteiger partial charge is 0.488 e. The van der Waals surface area contributed by atoms with E-state index in [1.165, 1.54) is 0 Å². The van der Waals surface area contributed by atoms with Crippen molar-refractivity contribution in [1.29, 1.82) is 0 Å². The molecule has 1 aromatic heterocycles. The molecule has 0 N–H and O–H groups in total. The second kappa shape index (κ2) is 4.99. The first kappa shape index (κ1) is 11.6. The Morgan fingerprint density at radius 2 is 2.12 bits per heavy atom. The van der Waals surface area contributed by atoms with E-state index in [2.05, 4.69) is 0 Å². The predicted octanol–water partition coefficient (Wildman–Crippen LogP) is 3.90. The smallest absolute Gasteiger partial charge is 0.272 e. The van der Waals surface area contributed by atoms with Crippen molar-refractivity contribution in [3.63, 3.8) is 0 Å². The summed E-state index contributed by atoms with van der Waals surface area (Å²) in [6.45, 7) is 1.30. The average Bonchev–Trinajstić information content (AvgIpc) is 2.79. The van der Waals surface area contributed by atoms with E-state index >= 15 is 0 Å². The number of halogens is 2. The van der Waals surface area contributed by atoms with Crippen molar-refractivity contribution < 1.29 is 17.9 Å². The SMILES string of the molecule is Cc1cc(OCC(F)F)ccc1-c1ccco1. The summed E-state index contributed by atoms with van der Waals surface area (Å²) in [6, 6.07) is 8.83. The number of furan rings is 1. The lowest BCUT2D eigenvalue weighted by atomic mass is 10.1. The van der Waals surface area contributed by atoms with Gasteiger partial charge < -0.3 is 9.15 Å². The third kappa shape index (κ3) is 2.84. The molecule has 0 saturated heterocycles. The van der Waals surface area contributed by atoms with E-state index in [0.29, 0.717) is 5.75 Å². The molecule has 2 rings (SSSR count). The number of rotatable bonds is 4. The molecule has 2 aromatic rings. The minimum Gasteiger partial charge on any atom is -0.488 e. The zero-order chi connectivity index (χ0) is 12.3.